The Morgan fingerprint density at radius 2 is 1.68 bits per heavy atom. The number of Topliss-reactive ketones (excluding diaryl/α,β-unsaturated/α-hetero) is 1. The van der Waals surface area contributed by atoms with Crippen LogP contribution in [0.4, 0.5) is 0 Å². The molecule has 1 fully saturated rings. The number of likely N-dealkylation sites (tertiary alicyclic amines) is 1. The first-order chi connectivity index (χ1) is 14.9. The van der Waals surface area contributed by atoms with Crippen molar-refractivity contribution in [2.75, 3.05) is 19.6 Å². The molecule has 1 aliphatic rings. The van der Waals surface area contributed by atoms with Gasteiger partial charge < -0.3 is 14.7 Å². The van der Waals surface area contributed by atoms with Gasteiger partial charge in [-0.3, -0.25) is 9.59 Å². The van der Waals surface area contributed by atoms with E-state index in [0.29, 0.717) is 30.3 Å². The Bertz CT molecular complexity index is 853. The summed E-state index contributed by atoms with van der Waals surface area (Å²) in [5.41, 5.74) is 1.60. The van der Waals surface area contributed by atoms with Crippen LogP contribution in [0.3, 0.4) is 0 Å². The van der Waals surface area contributed by atoms with E-state index in [1.165, 1.54) is 5.56 Å². The van der Waals surface area contributed by atoms with Gasteiger partial charge in [0.05, 0.1) is 18.1 Å². The molecule has 1 saturated heterocycles. The van der Waals surface area contributed by atoms with Crippen molar-refractivity contribution >= 4 is 11.8 Å². The molecule has 0 saturated carbocycles. The van der Waals surface area contributed by atoms with Crippen LogP contribution in [0.2, 0.25) is 0 Å². The van der Waals surface area contributed by atoms with Gasteiger partial charge in [0.2, 0.25) is 0 Å². The molecular formula is C26H33NO4. The third-order valence-electron chi connectivity index (χ3n) is 6.20. The molecule has 0 amide bonds. The minimum Gasteiger partial charge on any atom is -0.481 e. The van der Waals surface area contributed by atoms with E-state index in [2.05, 4.69) is 17.0 Å². The lowest BCUT2D eigenvalue weighted by atomic mass is 9.84. The Hall–Kier alpha value is -2.50. The van der Waals surface area contributed by atoms with E-state index >= 15 is 0 Å². The summed E-state index contributed by atoms with van der Waals surface area (Å²) in [5, 5.41) is 9.33. The molecule has 3 rings (SSSR count). The van der Waals surface area contributed by atoms with Crippen LogP contribution in [-0.2, 0) is 21.6 Å². The zero-order valence-corrected chi connectivity index (χ0v) is 18.5. The predicted octanol–water partition coefficient (Wildman–Crippen LogP) is 4.69. The maximum atomic E-state index is 12.5. The summed E-state index contributed by atoms with van der Waals surface area (Å²) in [6.07, 6.45) is 3.71. The summed E-state index contributed by atoms with van der Waals surface area (Å²) >= 11 is 0. The SMILES string of the molecule is CC(C)(C(=O)O)c1ccc(C(=O)CCCN2CCC(OCc3ccccc3)CC2)cc1. The maximum absolute atomic E-state index is 12.5. The zero-order chi connectivity index (χ0) is 22.3. The van der Waals surface area contributed by atoms with Gasteiger partial charge in [0.1, 0.15) is 0 Å². The first-order valence-electron chi connectivity index (χ1n) is 11.1. The Kier molecular flexibility index (Phi) is 7.99. The lowest BCUT2D eigenvalue weighted by Crippen LogP contribution is -2.37. The van der Waals surface area contributed by atoms with E-state index in [9.17, 15) is 14.7 Å². The number of nitrogens with zero attached hydrogens (tertiary/aromatic N) is 1. The number of ether oxygens (including phenoxy) is 1. The number of carbonyl (C=O) groups is 2. The van der Waals surface area contributed by atoms with Gasteiger partial charge in [-0.1, -0.05) is 54.6 Å². The summed E-state index contributed by atoms with van der Waals surface area (Å²) in [6.45, 7) is 6.94. The van der Waals surface area contributed by atoms with Crippen molar-refractivity contribution in [3.63, 3.8) is 0 Å². The zero-order valence-electron chi connectivity index (χ0n) is 18.5. The first kappa shape index (κ1) is 23.2. The smallest absolute Gasteiger partial charge is 0.313 e. The fourth-order valence-corrected chi connectivity index (χ4v) is 3.89. The molecule has 0 radical (unpaired) electrons. The molecule has 2 aromatic carbocycles. The highest BCUT2D eigenvalue weighted by molar-refractivity contribution is 5.96. The second-order valence-corrected chi connectivity index (χ2v) is 8.87. The van der Waals surface area contributed by atoms with E-state index in [4.69, 9.17) is 4.74 Å². The quantitative estimate of drug-likeness (QED) is 0.562. The second-order valence-electron chi connectivity index (χ2n) is 8.87. The molecule has 0 bridgehead atoms. The van der Waals surface area contributed by atoms with Crippen LogP contribution in [0.1, 0.15) is 61.0 Å². The summed E-state index contributed by atoms with van der Waals surface area (Å²) in [4.78, 5) is 26.3. The molecule has 1 aliphatic heterocycles. The number of carbonyl (C=O) groups excluding carboxylic acids is 1. The van der Waals surface area contributed by atoms with Crippen LogP contribution in [0.25, 0.3) is 0 Å². The number of piperidine rings is 1. The third kappa shape index (κ3) is 6.49. The van der Waals surface area contributed by atoms with Gasteiger partial charge in [-0.05, 0) is 50.8 Å². The number of carboxylic acid groups (broad SMARTS) is 1. The van der Waals surface area contributed by atoms with Crippen LogP contribution >= 0.6 is 0 Å². The molecule has 0 unspecified atom stereocenters. The summed E-state index contributed by atoms with van der Waals surface area (Å²) in [5.74, 6) is -0.762. The number of aliphatic carboxylic acids is 1. The molecule has 1 heterocycles. The van der Waals surface area contributed by atoms with Crippen LogP contribution in [-0.4, -0.2) is 47.5 Å². The Morgan fingerprint density at radius 1 is 1.03 bits per heavy atom. The van der Waals surface area contributed by atoms with Crippen molar-refractivity contribution in [3.05, 3.63) is 71.3 Å². The molecule has 1 N–H and O–H groups in total. The molecule has 0 atom stereocenters. The van der Waals surface area contributed by atoms with Gasteiger partial charge in [-0.25, -0.2) is 0 Å². The van der Waals surface area contributed by atoms with E-state index in [-0.39, 0.29) is 5.78 Å². The van der Waals surface area contributed by atoms with Crippen molar-refractivity contribution in [3.8, 4) is 0 Å². The monoisotopic (exact) mass is 423 g/mol. The topological polar surface area (TPSA) is 66.8 Å². The Labute approximate surface area is 185 Å². The molecule has 5 nitrogen and oxygen atoms in total. The highest BCUT2D eigenvalue weighted by Crippen LogP contribution is 2.24. The molecule has 0 spiro atoms. The highest BCUT2D eigenvalue weighted by atomic mass is 16.5. The van der Waals surface area contributed by atoms with Crippen LogP contribution < -0.4 is 0 Å². The standard InChI is InChI=1S/C26H33NO4/c1-26(2,25(29)30)22-12-10-21(11-13-22)24(28)9-6-16-27-17-14-23(15-18-27)31-19-20-7-4-3-5-8-20/h3-5,7-8,10-13,23H,6,9,14-19H2,1-2H3,(H,29,30). The fourth-order valence-electron chi connectivity index (χ4n) is 3.89. The number of hydrogen-bond acceptors (Lipinski definition) is 4. The van der Waals surface area contributed by atoms with Crippen LogP contribution in [0.5, 0.6) is 0 Å². The lowest BCUT2D eigenvalue weighted by Gasteiger charge is -2.31. The Balaban J connectivity index is 1.36. The molecule has 0 aliphatic carbocycles. The van der Waals surface area contributed by atoms with E-state index < -0.39 is 11.4 Å². The average Bonchev–Trinajstić information content (AvgIpc) is 2.79. The Morgan fingerprint density at radius 3 is 2.29 bits per heavy atom. The van der Waals surface area contributed by atoms with Gasteiger partial charge in [-0.15, -0.1) is 0 Å². The van der Waals surface area contributed by atoms with E-state index in [1.54, 1.807) is 38.1 Å². The summed E-state index contributed by atoms with van der Waals surface area (Å²) in [7, 11) is 0. The molecule has 2 aromatic rings. The normalized spacial score (nSPS) is 15.7. The van der Waals surface area contributed by atoms with Gasteiger partial charge in [0.15, 0.2) is 5.78 Å². The molecule has 31 heavy (non-hydrogen) atoms. The number of ketones is 1. The van der Waals surface area contributed by atoms with Crippen molar-refractivity contribution in [2.45, 2.75) is 57.7 Å². The van der Waals surface area contributed by atoms with Gasteiger partial charge in [-0.2, -0.15) is 0 Å². The number of hydrogen-bond donors (Lipinski definition) is 1. The second kappa shape index (κ2) is 10.7. The lowest BCUT2D eigenvalue weighted by molar-refractivity contribution is -0.142. The molecule has 166 valence electrons. The minimum absolute atomic E-state index is 0.112. The number of carboxylic acids is 1. The van der Waals surface area contributed by atoms with Gasteiger partial charge >= 0.3 is 5.97 Å². The largest absolute Gasteiger partial charge is 0.481 e. The van der Waals surface area contributed by atoms with Gasteiger partial charge in [0.25, 0.3) is 0 Å². The molecular weight excluding hydrogens is 390 g/mol. The molecule has 0 aromatic heterocycles. The van der Waals surface area contributed by atoms with E-state index in [1.807, 2.05) is 18.2 Å². The molecule has 5 heteroatoms. The number of rotatable bonds is 10. The average molecular weight is 424 g/mol. The van der Waals surface area contributed by atoms with Crippen molar-refractivity contribution < 1.29 is 19.4 Å². The van der Waals surface area contributed by atoms with Gasteiger partial charge in [0, 0.05) is 25.1 Å². The third-order valence-corrected chi connectivity index (χ3v) is 6.20. The highest BCUT2D eigenvalue weighted by Gasteiger charge is 2.29. The summed E-state index contributed by atoms with van der Waals surface area (Å²) in [6, 6.07) is 17.3. The van der Waals surface area contributed by atoms with Crippen molar-refractivity contribution in [1.82, 2.24) is 4.90 Å². The van der Waals surface area contributed by atoms with Crippen molar-refractivity contribution in [1.29, 1.82) is 0 Å². The fraction of sp³-hybridized carbons (Fsp3) is 0.462. The van der Waals surface area contributed by atoms with E-state index in [0.717, 1.165) is 38.9 Å². The van der Waals surface area contributed by atoms with Crippen LogP contribution in [0, 0.1) is 0 Å². The minimum atomic E-state index is -0.960. The summed E-state index contributed by atoms with van der Waals surface area (Å²) < 4.78 is 6.05. The first-order valence-corrected chi connectivity index (χ1v) is 11.1. The van der Waals surface area contributed by atoms with Crippen molar-refractivity contribution in [2.24, 2.45) is 0 Å². The predicted molar refractivity (Wildman–Crippen MR) is 121 cm³/mol. The number of benzene rings is 2. The maximum Gasteiger partial charge on any atom is 0.313 e. The van der Waals surface area contributed by atoms with Crippen LogP contribution in [0.15, 0.2) is 54.6 Å².